The minimum absolute atomic E-state index is 0.585. The van der Waals surface area contributed by atoms with Crippen LogP contribution in [0.15, 0.2) is 0 Å². The molecule has 0 radical (unpaired) electrons. The molecule has 0 aromatic rings. The Morgan fingerprint density at radius 1 is 1.67 bits per heavy atom. The lowest BCUT2D eigenvalue weighted by Crippen LogP contribution is -2.39. The maximum absolute atomic E-state index is 10.4. The number of rotatable bonds is 0. The molecule has 0 aliphatic carbocycles. The summed E-state index contributed by atoms with van der Waals surface area (Å²) in [6.07, 6.45) is 0. The van der Waals surface area contributed by atoms with Gasteiger partial charge in [0.2, 0.25) is 0 Å². The van der Waals surface area contributed by atoms with E-state index in [1.165, 1.54) is 0 Å². The van der Waals surface area contributed by atoms with E-state index in [1.54, 1.807) is 0 Å². The molecule has 0 saturated carbocycles. The molecule has 0 aromatic heterocycles. The second kappa shape index (κ2) is 2.18. The summed E-state index contributed by atoms with van der Waals surface area (Å²) in [4.78, 5) is 20.6. The van der Waals surface area contributed by atoms with Crippen LogP contribution in [0.4, 0.5) is 9.59 Å². The van der Waals surface area contributed by atoms with Crippen LogP contribution in [-0.2, 0) is 0 Å². The fourth-order valence-electron chi connectivity index (χ4n) is 0.368. The average molecular weight is 151 g/mol. The lowest BCUT2D eigenvalue weighted by atomic mass is 11.0. The smallest absolute Gasteiger partial charge is 0.256 e. The van der Waals surface area contributed by atoms with Gasteiger partial charge in [0.05, 0.1) is 0 Å². The van der Waals surface area contributed by atoms with Crippen LogP contribution in [0.5, 0.6) is 0 Å². The Kier molecular flexibility index (Phi) is 1.52. The van der Waals surface area contributed by atoms with Gasteiger partial charge in [-0.15, -0.1) is 11.1 Å². The number of amides is 3. The fraction of sp³-hybridized carbons (Fsp3) is 0. The second-order valence-electron chi connectivity index (χ2n) is 1.26. The first-order valence-electron chi connectivity index (χ1n) is 2.02. The lowest BCUT2D eigenvalue weighted by Gasteiger charge is -2.02. The zero-order chi connectivity index (χ0) is 6.85. The predicted octanol–water partition coefficient (Wildman–Crippen LogP) is -0.705. The maximum Gasteiger partial charge on any atom is 0.356 e. The normalized spacial score (nSPS) is 17.9. The van der Waals surface area contributed by atoms with E-state index < -0.39 is 11.4 Å². The topological polar surface area (TPSA) is 73.5 Å². The predicted molar refractivity (Wildman–Crippen MR) is 27.9 cm³/mol. The van der Waals surface area contributed by atoms with Gasteiger partial charge < -0.3 is 0 Å². The van der Waals surface area contributed by atoms with Crippen LogP contribution in [0, 0.1) is 0 Å². The number of nitrogens with one attached hydrogen (secondary N) is 3. The molecule has 7 heteroatoms. The van der Waals surface area contributed by atoms with Gasteiger partial charge in [-0.1, -0.05) is 0 Å². The van der Waals surface area contributed by atoms with E-state index in [-0.39, 0.29) is 0 Å². The third-order valence-electron chi connectivity index (χ3n) is 0.716. The zero-order valence-electron chi connectivity index (χ0n) is 4.14. The van der Waals surface area contributed by atoms with Gasteiger partial charge in [0.1, 0.15) is 0 Å². The van der Waals surface area contributed by atoms with Gasteiger partial charge in [-0.3, -0.25) is 10.2 Å². The summed E-state index contributed by atoms with van der Waals surface area (Å²) in [6.45, 7) is 0. The first-order valence-corrected chi connectivity index (χ1v) is 2.40. The Bertz CT molecular complexity index is 159. The van der Waals surface area contributed by atoms with Crippen LogP contribution in [0.25, 0.3) is 0 Å². The molecule has 1 aliphatic rings. The standard InChI is InChI=1S/C2H3ClN4O2/c3-1(8)7-2(9)4-5-6-7/h5-6H,(H,4,9). The number of halogens is 1. The molecule has 0 spiro atoms. The summed E-state index contributed by atoms with van der Waals surface area (Å²) < 4.78 is 0. The molecule has 6 nitrogen and oxygen atoms in total. The summed E-state index contributed by atoms with van der Waals surface area (Å²) in [5.41, 5.74) is 6.39. The van der Waals surface area contributed by atoms with Crippen molar-refractivity contribution in [1.29, 1.82) is 0 Å². The van der Waals surface area contributed by atoms with Crippen molar-refractivity contribution in [2.75, 3.05) is 0 Å². The van der Waals surface area contributed by atoms with Gasteiger partial charge in [-0.2, -0.15) is 5.01 Å². The van der Waals surface area contributed by atoms with Gasteiger partial charge in [-0.05, 0) is 11.6 Å². The molecule has 9 heavy (non-hydrogen) atoms. The van der Waals surface area contributed by atoms with Crippen molar-refractivity contribution in [2.24, 2.45) is 0 Å². The molecule has 1 fully saturated rings. The Morgan fingerprint density at radius 3 is 2.56 bits per heavy atom. The molecular formula is C2H3ClN4O2. The number of nitrogens with zero attached hydrogens (tertiary/aromatic N) is 1. The number of hydrogen-bond donors (Lipinski definition) is 3. The van der Waals surface area contributed by atoms with Crippen LogP contribution in [0.2, 0.25) is 0 Å². The summed E-state index contributed by atoms with van der Waals surface area (Å²) in [5, 5.41) is -0.306. The molecule has 1 heterocycles. The monoisotopic (exact) mass is 150 g/mol. The molecule has 50 valence electrons. The molecule has 0 unspecified atom stereocenters. The van der Waals surface area contributed by atoms with Crippen molar-refractivity contribution in [3.8, 4) is 0 Å². The number of imide groups is 1. The van der Waals surface area contributed by atoms with Gasteiger partial charge in [0, 0.05) is 0 Å². The lowest BCUT2D eigenvalue weighted by molar-refractivity contribution is 0.198. The molecule has 1 saturated heterocycles. The third-order valence-corrected chi connectivity index (χ3v) is 0.885. The first-order chi connectivity index (χ1) is 4.22. The summed E-state index contributed by atoms with van der Waals surface area (Å²) in [7, 11) is 0. The minimum Gasteiger partial charge on any atom is -0.256 e. The van der Waals surface area contributed by atoms with Gasteiger partial charge in [-0.25, -0.2) is 4.79 Å². The molecule has 0 bridgehead atoms. The summed E-state index contributed by atoms with van der Waals surface area (Å²) >= 11 is 4.90. The fourth-order valence-corrected chi connectivity index (χ4v) is 0.487. The van der Waals surface area contributed by atoms with Crippen molar-refractivity contribution >= 4 is 23.0 Å². The van der Waals surface area contributed by atoms with E-state index in [4.69, 9.17) is 11.6 Å². The Hall–Kier alpha value is -0.850. The first kappa shape index (κ1) is 6.27. The number of hydrazine groups is 3. The van der Waals surface area contributed by atoms with Gasteiger partial charge in [0.25, 0.3) is 0 Å². The number of carbonyl (C=O) groups is 2. The molecule has 3 amide bonds. The van der Waals surface area contributed by atoms with E-state index in [0.717, 1.165) is 0 Å². The molecule has 0 atom stereocenters. The largest absolute Gasteiger partial charge is 0.356 e. The van der Waals surface area contributed by atoms with Crippen LogP contribution in [-0.4, -0.2) is 16.4 Å². The number of urea groups is 1. The SMILES string of the molecule is O=C(Cl)N1NNNC1=O. The van der Waals surface area contributed by atoms with Gasteiger partial charge >= 0.3 is 11.4 Å². The zero-order valence-corrected chi connectivity index (χ0v) is 4.90. The Balaban J connectivity index is 2.60. The maximum atomic E-state index is 10.4. The van der Waals surface area contributed by atoms with E-state index >= 15 is 0 Å². The summed E-state index contributed by atoms with van der Waals surface area (Å²) in [6, 6.07) is -0.630. The van der Waals surface area contributed by atoms with Crippen molar-refractivity contribution in [3.05, 3.63) is 0 Å². The third kappa shape index (κ3) is 1.10. The molecule has 0 aromatic carbocycles. The number of carbonyl (C=O) groups excluding carboxylic acids is 2. The molecule has 1 aliphatic heterocycles. The molecular weight excluding hydrogens is 148 g/mol. The highest BCUT2D eigenvalue weighted by molar-refractivity contribution is 6.63. The highest BCUT2D eigenvalue weighted by atomic mass is 35.5. The van der Waals surface area contributed by atoms with Crippen molar-refractivity contribution in [1.82, 2.24) is 21.5 Å². The van der Waals surface area contributed by atoms with Crippen LogP contribution in [0.3, 0.4) is 0 Å². The summed E-state index contributed by atoms with van der Waals surface area (Å²) in [5.74, 6) is 0. The van der Waals surface area contributed by atoms with Crippen molar-refractivity contribution < 1.29 is 9.59 Å². The van der Waals surface area contributed by atoms with E-state index in [9.17, 15) is 9.59 Å². The van der Waals surface area contributed by atoms with E-state index in [0.29, 0.717) is 5.01 Å². The van der Waals surface area contributed by atoms with Crippen molar-refractivity contribution in [2.45, 2.75) is 0 Å². The Morgan fingerprint density at radius 2 is 2.33 bits per heavy atom. The quantitative estimate of drug-likeness (QED) is 0.315. The van der Waals surface area contributed by atoms with Crippen LogP contribution >= 0.6 is 11.6 Å². The average Bonchev–Trinajstić information content (AvgIpc) is 2.13. The molecule has 3 N–H and O–H groups in total. The molecule has 1 rings (SSSR count). The van der Waals surface area contributed by atoms with E-state index in [2.05, 4.69) is 16.5 Å². The highest BCUT2D eigenvalue weighted by Gasteiger charge is 2.23. The minimum atomic E-state index is -0.891. The van der Waals surface area contributed by atoms with Crippen LogP contribution in [0.1, 0.15) is 0 Å². The van der Waals surface area contributed by atoms with Crippen molar-refractivity contribution in [3.63, 3.8) is 0 Å². The highest BCUT2D eigenvalue weighted by Crippen LogP contribution is 1.93. The number of hydrogen-bond acceptors (Lipinski definition) is 4. The van der Waals surface area contributed by atoms with E-state index in [1.807, 2.05) is 0 Å². The second-order valence-corrected chi connectivity index (χ2v) is 1.58. The Labute approximate surface area is 55.0 Å². The van der Waals surface area contributed by atoms with Gasteiger partial charge in [0.15, 0.2) is 0 Å². The van der Waals surface area contributed by atoms with Crippen LogP contribution < -0.4 is 16.5 Å².